The third-order valence-electron chi connectivity index (χ3n) is 3.85. The topological polar surface area (TPSA) is 32.3 Å². The molecule has 1 aromatic carbocycles. The first kappa shape index (κ1) is 16.3. The van der Waals surface area contributed by atoms with E-state index < -0.39 is 0 Å². The Morgan fingerprint density at radius 3 is 3.00 bits per heavy atom. The molecule has 0 radical (unpaired) electrons. The summed E-state index contributed by atoms with van der Waals surface area (Å²) in [5, 5.41) is 3.31. The van der Waals surface area contributed by atoms with Crippen molar-refractivity contribution < 1.29 is 9.18 Å². The number of nitrogens with one attached hydrogen (secondary N) is 1. The van der Waals surface area contributed by atoms with Gasteiger partial charge in [0.1, 0.15) is 5.82 Å². The van der Waals surface area contributed by atoms with E-state index in [1.807, 2.05) is 11.8 Å². The van der Waals surface area contributed by atoms with Gasteiger partial charge in [-0.3, -0.25) is 4.79 Å². The van der Waals surface area contributed by atoms with Gasteiger partial charge in [0.25, 0.3) is 0 Å². The van der Waals surface area contributed by atoms with E-state index in [-0.39, 0.29) is 17.4 Å². The number of halogens is 1. The lowest BCUT2D eigenvalue weighted by Gasteiger charge is -2.22. The van der Waals surface area contributed by atoms with E-state index in [1.165, 1.54) is 25.3 Å². The average Bonchev–Trinajstić information content (AvgIpc) is 2.73. The number of amides is 1. The Labute approximate surface area is 130 Å². The molecule has 0 aliphatic carbocycles. The van der Waals surface area contributed by atoms with Crippen LogP contribution in [0.2, 0.25) is 0 Å². The summed E-state index contributed by atoms with van der Waals surface area (Å²) in [6.45, 7) is 2.86. The predicted octanol–water partition coefficient (Wildman–Crippen LogP) is 3.37. The fraction of sp³-hybridized carbons (Fsp3) is 0.562. The summed E-state index contributed by atoms with van der Waals surface area (Å²) in [4.78, 5) is 14.3. The Kier molecular flexibility index (Phi) is 6.51. The van der Waals surface area contributed by atoms with Crippen LogP contribution in [0.3, 0.4) is 0 Å². The molecular weight excluding hydrogens is 287 g/mol. The minimum Gasteiger partial charge on any atom is -0.324 e. The summed E-state index contributed by atoms with van der Waals surface area (Å²) >= 11 is 1.91. The smallest absolute Gasteiger partial charge is 0.225 e. The number of rotatable bonds is 5. The van der Waals surface area contributed by atoms with Crippen molar-refractivity contribution in [3.05, 3.63) is 30.1 Å². The number of anilines is 1. The first-order valence-corrected chi connectivity index (χ1v) is 8.77. The molecule has 1 heterocycles. The van der Waals surface area contributed by atoms with E-state index in [0.717, 1.165) is 19.6 Å². The number of carbonyl (C=O) groups is 1. The molecule has 21 heavy (non-hydrogen) atoms. The quantitative estimate of drug-likeness (QED) is 0.905. The molecule has 0 spiro atoms. The summed E-state index contributed by atoms with van der Waals surface area (Å²) in [5.74, 6) is -0.506. The molecule has 116 valence electrons. The van der Waals surface area contributed by atoms with Crippen LogP contribution in [0.4, 0.5) is 10.1 Å². The van der Waals surface area contributed by atoms with Crippen LogP contribution < -0.4 is 5.32 Å². The second kappa shape index (κ2) is 8.39. The third kappa shape index (κ3) is 5.32. The van der Waals surface area contributed by atoms with Crippen molar-refractivity contribution in [2.75, 3.05) is 31.2 Å². The second-order valence-electron chi connectivity index (χ2n) is 5.43. The van der Waals surface area contributed by atoms with Gasteiger partial charge in [0, 0.05) is 24.8 Å². The highest BCUT2D eigenvalue weighted by molar-refractivity contribution is 7.99. The Balaban J connectivity index is 1.79. The van der Waals surface area contributed by atoms with E-state index >= 15 is 0 Å². The number of hydrogen-bond acceptors (Lipinski definition) is 3. The van der Waals surface area contributed by atoms with Crippen molar-refractivity contribution in [2.45, 2.75) is 30.9 Å². The van der Waals surface area contributed by atoms with Crippen LogP contribution in [0, 0.1) is 5.82 Å². The molecule has 0 aromatic heterocycles. The lowest BCUT2D eigenvalue weighted by atomic mass is 10.2. The molecule has 1 fully saturated rings. The Morgan fingerprint density at radius 2 is 2.24 bits per heavy atom. The maximum absolute atomic E-state index is 13.5. The molecule has 1 amide bonds. The normalized spacial score (nSPS) is 20.0. The van der Waals surface area contributed by atoms with E-state index in [1.54, 1.807) is 18.2 Å². The van der Waals surface area contributed by atoms with Crippen molar-refractivity contribution >= 4 is 23.4 Å². The zero-order valence-corrected chi connectivity index (χ0v) is 13.3. The Bertz CT molecular complexity index is 469. The highest BCUT2D eigenvalue weighted by Gasteiger charge is 2.18. The largest absolute Gasteiger partial charge is 0.324 e. The van der Waals surface area contributed by atoms with Crippen LogP contribution in [0.15, 0.2) is 24.3 Å². The van der Waals surface area contributed by atoms with Crippen LogP contribution in [0.25, 0.3) is 0 Å². The first-order chi connectivity index (χ1) is 10.2. The standard InChI is InChI=1S/C16H23FN2OS/c1-21-13-6-4-5-10-19(12-13)11-9-16(20)18-15-8-3-2-7-14(15)17/h2-3,7-8,13H,4-6,9-12H2,1H3,(H,18,20)/t13-/m0/s1. The minimum atomic E-state index is -0.386. The SMILES string of the molecule is CS[C@H]1CCCCN(CCC(=O)Nc2ccccc2F)C1. The monoisotopic (exact) mass is 310 g/mol. The number of hydrogen-bond donors (Lipinski definition) is 1. The van der Waals surface area contributed by atoms with Gasteiger partial charge in [-0.2, -0.15) is 11.8 Å². The molecule has 0 saturated carbocycles. The van der Waals surface area contributed by atoms with Gasteiger partial charge in [0.15, 0.2) is 0 Å². The summed E-state index contributed by atoms with van der Waals surface area (Å²) in [6.07, 6.45) is 6.29. The van der Waals surface area contributed by atoms with E-state index in [9.17, 15) is 9.18 Å². The van der Waals surface area contributed by atoms with Crippen molar-refractivity contribution in [2.24, 2.45) is 0 Å². The van der Waals surface area contributed by atoms with Crippen LogP contribution in [0.5, 0.6) is 0 Å². The fourth-order valence-corrected chi connectivity index (χ4v) is 3.37. The lowest BCUT2D eigenvalue weighted by molar-refractivity contribution is -0.116. The van der Waals surface area contributed by atoms with Crippen molar-refractivity contribution in [3.63, 3.8) is 0 Å². The first-order valence-electron chi connectivity index (χ1n) is 7.48. The van der Waals surface area contributed by atoms with Crippen LogP contribution in [-0.2, 0) is 4.79 Å². The molecule has 2 rings (SSSR count). The van der Waals surface area contributed by atoms with Gasteiger partial charge >= 0.3 is 0 Å². The number of carbonyl (C=O) groups excluding carboxylic acids is 1. The highest BCUT2D eigenvalue weighted by Crippen LogP contribution is 2.20. The zero-order valence-electron chi connectivity index (χ0n) is 12.5. The number of para-hydroxylation sites is 1. The van der Waals surface area contributed by atoms with E-state index in [0.29, 0.717) is 11.7 Å². The predicted molar refractivity (Wildman–Crippen MR) is 87.2 cm³/mol. The van der Waals surface area contributed by atoms with Crippen LogP contribution in [0.1, 0.15) is 25.7 Å². The van der Waals surface area contributed by atoms with Gasteiger partial charge in [0.2, 0.25) is 5.91 Å². The molecule has 0 unspecified atom stereocenters. The summed E-state index contributed by atoms with van der Waals surface area (Å²) < 4.78 is 13.5. The maximum atomic E-state index is 13.5. The number of likely N-dealkylation sites (tertiary alicyclic amines) is 1. The van der Waals surface area contributed by atoms with Gasteiger partial charge in [-0.25, -0.2) is 4.39 Å². The summed E-state index contributed by atoms with van der Waals surface area (Å²) in [7, 11) is 0. The lowest BCUT2D eigenvalue weighted by Crippen LogP contribution is -2.32. The highest BCUT2D eigenvalue weighted by atomic mass is 32.2. The van der Waals surface area contributed by atoms with Crippen molar-refractivity contribution in [3.8, 4) is 0 Å². The molecule has 1 aliphatic heterocycles. The molecule has 3 nitrogen and oxygen atoms in total. The fourth-order valence-electron chi connectivity index (χ4n) is 2.61. The second-order valence-corrected chi connectivity index (χ2v) is 6.57. The van der Waals surface area contributed by atoms with Crippen LogP contribution >= 0.6 is 11.8 Å². The molecule has 1 atom stereocenters. The summed E-state index contributed by atoms with van der Waals surface area (Å²) in [6, 6.07) is 6.28. The molecule has 5 heteroatoms. The third-order valence-corrected chi connectivity index (χ3v) is 4.90. The van der Waals surface area contributed by atoms with Crippen molar-refractivity contribution in [1.29, 1.82) is 0 Å². The van der Waals surface area contributed by atoms with E-state index in [2.05, 4.69) is 16.5 Å². The number of nitrogens with zero attached hydrogens (tertiary/aromatic N) is 1. The number of thioether (sulfide) groups is 1. The molecule has 0 bridgehead atoms. The van der Waals surface area contributed by atoms with E-state index in [4.69, 9.17) is 0 Å². The molecule has 1 aromatic rings. The minimum absolute atomic E-state index is 0.120. The molecular formula is C16H23FN2OS. The Hall–Kier alpha value is -1.07. The van der Waals surface area contributed by atoms with Gasteiger partial charge in [-0.1, -0.05) is 18.6 Å². The number of benzene rings is 1. The summed E-state index contributed by atoms with van der Waals surface area (Å²) in [5.41, 5.74) is 0.264. The van der Waals surface area contributed by atoms with Crippen LogP contribution in [-0.4, -0.2) is 41.9 Å². The maximum Gasteiger partial charge on any atom is 0.225 e. The average molecular weight is 310 g/mol. The van der Waals surface area contributed by atoms with Gasteiger partial charge in [-0.15, -0.1) is 0 Å². The Morgan fingerprint density at radius 1 is 1.43 bits per heavy atom. The molecule has 1 aliphatic rings. The van der Waals surface area contributed by atoms with Crippen molar-refractivity contribution in [1.82, 2.24) is 4.90 Å². The molecule has 1 N–H and O–H groups in total. The zero-order chi connectivity index (χ0) is 15.1. The molecule has 1 saturated heterocycles. The van der Waals surface area contributed by atoms with Gasteiger partial charge in [-0.05, 0) is 37.8 Å². The van der Waals surface area contributed by atoms with Gasteiger partial charge in [0.05, 0.1) is 5.69 Å². The van der Waals surface area contributed by atoms with Gasteiger partial charge < -0.3 is 10.2 Å².